The molecule has 9 heteroatoms. The van der Waals surface area contributed by atoms with Gasteiger partial charge in [0.25, 0.3) is 7.82 Å². The molecule has 8 nitrogen and oxygen atoms in total. The monoisotopic (exact) mass is 725 g/mol. The van der Waals surface area contributed by atoms with Crippen LogP contribution in [0.4, 0.5) is 0 Å². The summed E-state index contributed by atoms with van der Waals surface area (Å²) < 4.78 is 23.1. The number of hydrogen-bond donors (Lipinski definition) is 2. The van der Waals surface area contributed by atoms with Crippen LogP contribution >= 0.6 is 7.82 Å². The van der Waals surface area contributed by atoms with Gasteiger partial charge in [-0.05, 0) is 64.2 Å². The minimum Gasteiger partial charge on any atom is -0.756 e. The van der Waals surface area contributed by atoms with Gasteiger partial charge in [-0.3, -0.25) is 9.36 Å². The summed E-state index contributed by atoms with van der Waals surface area (Å²) in [4.78, 5) is 25.1. The molecule has 0 fully saturated rings. The van der Waals surface area contributed by atoms with Gasteiger partial charge in [0.15, 0.2) is 0 Å². The van der Waals surface area contributed by atoms with Crippen molar-refractivity contribution in [1.82, 2.24) is 5.32 Å². The Morgan fingerprint density at radius 2 is 1.16 bits per heavy atom. The van der Waals surface area contributed by atoms with E-state index in [1.54, 1.807) is 6.08 Å². The van der Waals surface area contributed by atoms with Gasteiger partial charge in [-0.1, -0.05) is 133 Å². The SMILES string of the molecule is CCC/C=C\CCCCCCCC(=O)NC(COP(=O)([O-])OCC[N+](C)(C)C)C(O)/C=C/CC/C=C/CC/C=C/CCCCCCCCCC. The lowest BCUT2D eigenvalue weighted by molar-refractivity contribution is -0.870. The van der Waals surface area contributed by atoms with E-state index in [-0.39, 0.29) is 12.5 Å². The average molecular weight is 725 g/mol. The van der Waals surface area contributed by atoms with E-state index in [1.807, 2.05) is 27.2 Å². The standard InChI is InChI=1S/C41H77N2O6P/c1-6-8-10-12-14-16-18-19-20-21-22-23-24-25-26-28-30-32-34-40(44)39(38-49-50(46,47)48-37-36-43(3,4)5)42-41(45)35-33-31-29-27-17-15-13-11-9-7-2/h11,13,21-22,25-26,32,34,39-40,44H,6-10,12,14-20,23-24,27-31,33,35-38H2,1-5H3,(H-,42,45,46,47)/b13-11-,22-21+,26-25+,34-32+. The van der Waals surface area contributed by atoms with Crippen molar-refractivity contribution in [2.75, 3.05) is 40.9 Å². The first-order chi connectivity index (χ1) is 24.0. The number of nitrogens with one attached hydrogen (secondary N) is 1. The third kappa shape index (κ3) is 34.9. The first-order valence-corrected chi connectivity index (χ1v) is 21.5. The van der Waals surface area contributed by atoms with Gasteiger partial charge < -0.3 is 28.8 Å². The van der Waals surface area contributed by atoms with Crippen molar-refractivity contribution in [1.29, 1.82) is 0 Å². The number of quaternary nitrogens is 1. The fraction of sp³-hybridized carbons (Fsp3) is 0.780. The number of likely N-dealkylation sites (N-methyl/N-ethyl adjacent to an activating group) is 1. The molecule has 0 aliphatic carbocycles. The van der Waals surface area contributed by atoms with Crippen LogP contribution in [0.2, 0.25) is 0 Å². The summed E-state index contributed by atoms with van der Waals surface area (Å²) in [6, 6.07) is -0.911. The van der Waals surface area contributed by atoms with E-state index in [0.717, 1.165) is 70.6 Å². The number of unbranched alkanes of at least 4 members (excludes halogenated alkanes) is 16. The molecule has 0 rings (SSSR count). The zero-order chi connectivity index (χ0) is 37.2. The molecular formula is C41H77N2O6P. The van der Waals surface area contributed by atoms with E-state index in [2.05, 4.69) is 55.6 Å². The molecule has 0 saturated heterocycles. The van der Waals surface area contributed by atoms with Gasteiger partial charge in [-0.15, -0.1) is 0 Å². The quantitative estimate of drug-likeness (QED) is 0.0292. The van der Waals surface area contributed by atoms with Crippen LogP contribution < -0.4 is 10.2 Å². The van der Waals surface area contributed by atoms with Crippen molar-refractivity contribution in [3.8, 4) is 0 Å². The Morgan fingerprint density at radius 1 is 0.680 bits per heavy atom. The van der Waals surface area contributed by atoms with Gasteiger partial charge in [0, 0.05) is 6.42 Å². The number of carbonyl (C=O) groups is 1. The van der Waals surface area contributed by atoms with Crippen LogP contribution in [0, 0.1) is 0 Å². The number of amides is 1. The highest BCUT2D eigenvalue weighted by Gasteiger charge is 2.23. The number of hydrogen-bond acceptors (Lipinski definition) is 6. The number of aliphatic hydroxyl groups is 1. The molecule has 0 aromatic carbocycles. The lowest BCUT2D eigenvalue weighted by Crippen LogP contribution is -2.45. The Morgan fingerprint density at radius 3 is 1.70 bits per heavy atom. The number of nitrogens with zero attached hydrogens (tertiary/aromatic N) is 1. The third-order valence-corrected chi connectivity index (χ3v) is 9.43. The second-order valence-electron chi connectivity index (χ2n) is 14.6. The molecule has 0 saturated carbocycles. The number of carbonyl (C=O) groups excluding carboxylic acids is 1. The van der Waals surface area contributed by atoms with E-state index in [1.165, 1.54) is 64.2 Å². The summed E-state index contributed by atoms with van der Waals surface area (Å²) in [5.74, 6) is -0.227. The second kappa shape index (κ2) is 33.3. The van der Waals surface area contributed by atoms with Crippen LogP contribution in [0.3, 0.4) is 0 Å². The van der Waals surface area contributed by atoms with E-state index in [9.17, 15) is 19.4 Å². The highest BCUT2D eigenvalue weighted by Crippen LogP contribution is 2.38. The number of allylic oxidation sites excluding steroid dienone is 7. The topological polar surface area (TPSA) is 108 Å². The fourth-order valence-electron chi connectivity index (χ4n) is 5.24. The van der Waals surface area contributed by atoms with Crippen molar-refractivity contribution >= 4 is 13.7 Å². The maximum atomic E-state index is 12.7. The van der Waals surface area contributed by atoms with E-state index < -0.39 is 26.6 Å². The Balaban J connectivity index is 4.58. The Kier molecular flexibility index (Phi) is 32.3. The molecule has 2 N–H and O–H groups in total. The number of rotatable bonds is 35. The molecule has 0 aliphatic heterocycles. The molecule has 3 unspecified atom stereocenters. The number of phosphoric acid groups is 1. The molecule has 50 heavy (non-hydrogen) atoms. The molecule has 0 heterocycles. The highest BCUT2D eigenvalue weighted by atomic mass is 31.2. The average Bonchev–Trinajstić information content (AvgIpc) is 3.06. The van der Waals surface area contributed by atoms with Crippen LogP contribution in [-0.4, -0.2) is 68.5 Å². The predicted octanol–water partition coefficient (Wildman–Crippen LogP) is 9.89. The van der Waals surface area contributed by atoms with Gasteiger partial charge in [0.2, 0.25) is 5.91 Å². The van der Waals surface area contributed by atoms with E-state index in [4.69, 9.17) is 9.05 Å². The minimum absolute atomic E-state index is 0.0120. The van der Waals surface area contributed by atoms with Gasteiger partial charge in [0.05, 0.1) is 39.9 Å². The Labute approximate surface area is 308 Å². The summed E-state index contributed by atoms with van der Waals surface area (Å²) in [5, 5.41) is 13.7. The lowest BCUT2D eigenvalue weighted by Gasteiger charge is -2.29. The van der Waals surface area contributed by atoms with Crippen LogP contribution in [-0.2, 0) is 18.4 Å². The molecule has 0 aliphatic rings. The lowest BCUT2D eigenvalue weighted by atomic mass is 10.1. The fourth-order valence-corrected chi connectivity index (χ4v) is 5.97. The molecule has 292 valence electrons. The van der Waals surface area contributed by atoms with E-state index in [0.29, 0.717) is 17.4 Å². The van der Waals surface area contributed by atoms with Crippen LogP contribution in [0.1, 0.15) is 155 Å². The molecule has 0 spiro atoms. The minimum atomic E-state index is -4.59. The van der Waals surface area contributed by atoms with Crippen molar-refractivity contribution in [2.24, 2.45) is 0 Å². The van der Waals surface area contributed by atoms with E-state index >= 15 is 0 Å². The molecule has 0 aromatic heterocycles. The predicted molar refractivity (Wildman–Crippen MR) is 210 cm³/mol. The largest absolute Gasteiger partial charge is 0.756 e. The molecule has 1 amide bonds. The van der Waals surface area contributed by atoms with Gasteiger partial charge in [-0.25, -0.2) is 0 Å². The van der Waals surface area contributed by atoms with Crippen molar-refractivity contribution < 1.29 is 32.9 Å². The van der Waals surface area contributed by atoms with Crippen LogP contribution in [0.25, 0.3) is 0 Å². The van der Waals surface area contributed by atoms with Gasteiger partial charge in [-0.2, -0.15) is 0 Å². The summed E-state index contributed by atoms with van der Waals surface area (Å²) >= 11 is 0. The Bertz CT molecular complexity index is 959. The van der Waals surface area contributed by atoms with Crippen molar-refractivity contribution in [2.45, 2.75) is 167 Å². The van der Waals surface area contributed by atoms with Gasteiger partial charge >= 0.3 is 0 Å². The Hall–Kier alpha value is -1.54. The molecular weight excluding hydrogens is 647 g/mol. The zero-order valence-electron chi connectivity index (χ0n) is 32.8. The maximum absolute atomic E-state index is 12.7. The number of aliphatic hydroxyl groups excluding tert-OH is 1. The second-order valence-corrected chi connectivity index (χ2v) is 16.0. The molecule has 0 bridgehead atoms. The van der Waals surface area contributed by atoms with Crippen LogP contribution in [0.5, 0.6) is 0 Å². The third-order valence-electron chi connectivity index (χ3n) is 8.47. The summed E-state index contributed by atoms with van der Waals surface area (Å²) in [5.41, 5.74) is 0. The molecule has 0 aromatic rings. The van der Waals surface area contributed by atoms with Crippen LogP contribution in [0.15, 0.2) is 48.6 Å². The van der Waals surface area contributed by atoms with Crippen molar-refractivity contribution in [3.05, 3.63) is 48.6 Å². The first-order valence-electron chi connectivity index (χ1n) is 20.0. The summed E-state index contributed by atoms with van der Waals surface area (Å²) in [7, 11) is 1.22. The summed E-state index contributed by atoms with van der Waals surface area (Å²) in [6.07, 6.45) is 40.2. The normalized spacial score (nSPS) is 15.1. The summed E-state index contributed by atoms with van der Waals surface area (Å²) in [6.45, 7) is 4.51. The molecule has 3 atom stereocenters. The first kappa shape index (κ1) is 48.5. The number of phosphoric ester groups is 1. The van der Waals surface area contributed by atoms with Crippen molar-refractivity contribution in [3.63, 3.8) is 0 Å². The highest BCUT2D eigenvalue weighted by molar-refractivity contribution is 7.45. The maximum Gasteiger partial charge on any atom is 0.268 e. The zero-order valence-corrected chi connectivity index (χ0v) is 33.7. The smallest absolute Gasteiger partial charge is 0.268 e. The molecule has 0 radical (unpaired) electrons. The van der Waals surface area contributed by atoms with Gasteiger partial charge in [0.1, 0.15) is 13.2 Å².